The van der Waals surface area contributed by atoms with Crippen LogP contribution in [0, 0.1) is 5.92 Å². The first kappa shape index (κ1) is 30.0. The minimum Gasteiger partial charge on any atom is -0.494 e. The number of nitrogens with zero attached hydrogens (tertiary/aromatic N) is 5. The molecule has 0 saturated heterocycles. The third-order valence-electron chi connectivity index (χ3n) is 7.30. The molecule has 2 amide bonds. The van der Waals surface area contributed by atoms with E-state index >= 15 is 0 Å². The van der Waals surface area contributed by atoms with Crippen LogP contribution in [0.15, 0.2) is 53.5 Å². The molecular formula is C31H36BrN7O2S. The zero-order valence-electron chi connectivity index (χ0n) is 23.8. The Morgan fingerprint density at radius 1 is 1.02 bits per heavy atom. The molecule has 0 unspecified atom stereocenters. The zero-order valence-corrected chi connectivity index (χ0v) is 26.2. The van der Waals surface area contributed by atoms with Crippen LogP contribution in [-0.4, -0.2) is 44.1 Å². The molecule has 1 aliphatic carbocycles. The molecule has 0 aliphatic heterocycles. The number of carbonyl (C=O) groups is 1. The average molecular weight is 651 g/mol. The van der Waals surface area contributed by atoms with E-state index < -0.39 is 0 Å². The molecule has 0 radical (unpaired) electrons. The molecule has 220 valence electrons. The summed E-state index contributed by atoms with van der Waals surface area (Å²) < 4.78 is 7.09. The highest BCUT2D eigenvalue weighted by Gasteiger charge is 2.17. The number of unbranched alkanes of at least 4 members (excludes halogenated alkanes) is 2. The molecule has 3 heterocycles. The second-order valence-electron chi connectivity index (χ2n) is 10.5. The van der Waals surface area contributed by atoms with Crippen molar-refractivity contribution in [3.63, 3.8) is 0 Å². The van der Waals surface area contributed by atoms with Gasteiger partial charge in [-0.25, -0.2) is 24.7 Å². The number of hydrogen-bond acceptors (Lipinski definition) is 8. The molecular weight excluding hydrogens is 614 g/mol. The molecule has 11 heteroatoms. The number of aromatic nitrogens is 5. The number of carbonyl (C=O) groups excluding carboxylic acids is 1. The van der Waals surface area contributed by atoms with Crippen LogP contribution in [0.2, 0.25) is 0 Å². The Kier molecular flexibility index (Phi) is 10.8. The quantitative estimate of drug-likeness (QED) is 0.149. The number of thiazole rings is 1. The minimum atomic E-state index is -0.264. The fourth-order valence-electron chi connectivity index (χ4n) is 5.02. The lowest BCUT2D eigenvalue weighted by molar-refractivity contribution is 0.246. The third kappa shape index (κ3) is 8.32. The normalized spacial score (nSPS) is 13.6. The van der Waals surface area contributed by atoms with Crippen LogP contribution in [0.1, 0.15) is 64.7 Å². The Labute approximate surface area is 259 Å². The highest BCUT2D eigenvalue weighted by Crippen LogP contribution is 2.36. The van der Waals surface area contributed by atoms with E-state index in [1.54, 1.807) is 24.8 Å². The smallest absolute Gasteiger partial charge is 0.321 e. The molecule has 42 heavy (non-hydrogen) atoms. The Hall–Kier alpha value is -3.44. The summed E-state index contributed by atoms with van der Waals surface area (Å²) in [4.78, 5) is 35.8. The van der Waals surface area contributed by atoms with Gasteiger partial charge >= 0.3 is 6.03 Å². The number of hydrogen-bond donors (Lipinski definition) is 2. The van der Waals surface area contributed by atoms with Crippen LogP contribution in [0.3, 0.4) is 0 Å². The molecule has 2 N–H and O–H groups in total. The number of rotatable bonds is 12. The molecule has 1 aliphatic rings. The molecule has 0 bridgehead atoms. The summed E-state index contributed by atoms with van der Waals surface area (Å²) in [6.07, 6.45) is 17.5. The van der Waals surface area contributed by atoms with Crippen LogP contribution >= 0.6 is 27.3 Å². The van der Waals surface area contributed by atoms with E-state index in [0.717, 1.165) is 52.3 Å². The second kappa shape index (κ2) is 15.2. The van der Waals surface area contributed by atoms with E-state index in [9.17, 15) is 4.79 Å². The van der Waals surface area contributed by atoms with E-state index in [-0.39, 0.29) is 6.03 Å². The van der Waals surface area contributed by atoms with Gasteiger partial charge in [-0.15, -0.1) is 0 Å². The first-order valence-electron chi connectivity index (χ1n) is 14.7. The molecule has 4 aromatic rings. The number of ether oxygens (including phenoxy) is 1. The van der Waals surface area contributed by atoms with Crippen molar-refractivity contribution in [3.05, 3.63) is 53.5 Å². The predicted molar refractivity (Wildman–Crippen MR) is 171 cm³/mol. The van der Waals surface area contributed by atoms with Gasteiger partial charge in [-0.1, -0.05) is 79.1 Å². The van der Waals surface area contributed by atoms with E-state index in [1.807, 2.05) is 24.3 Å². The van der Waals surface area contributed by atoms with Crippen molar-refractivity contribution in [1.29, 1.82) is 0 Å². The van der Waals surface area contributed by atoms with E-state index in [2.05, 4.69) is 48.4 Å². The molecule has 1 fully saturated rings. The number of benzene rings is 1. The molecule has 1 aromatic carbocycles. The van der Waals surface area contributed by atoms with E-state index in [1.165, 1.54) is 43.4 Å². The first-order valence-corrected chi connectivity index (χ1v) is 16.3. The lowest BCUT2D eigenvalue weighted by atomic mass is 9.87. The highest BCUT2D eigenvalue weighted by atomic mass is 79.9. The Morgan fingerprint density at radius 2 is 1.88 bits per heavy atom. The minimum absolute atomic E-state index is 0.264. The number of amides is 2. The zero-order chi connectivity index (χ0) is 29.1. The average Bonchev–Trinajstić information content (AvgIpc) is 3.49. The van der Waals surface area contributed by atoms with Crippen molar-refractivity contribution in [2.75, 3.05) is 18.5 Å². The topological polar surface area (TPSA) is 115 Å². The third-order valence-corrected chi connectivity index (χ3v) is 8.92. The molecule has 9 nitrogen and oxygen atoms in total. The van der Waals surface area contributed by atoms with Gasteiger partial charge < -0.3 is 10.1 Å². The van der Waals surface area contributed by atoms with Crippen LogP contribution < -0.4 is 15.4 Å². The summed E-state index contributed by atoms with van der Waals surface area (Å²) in [7, 11) is 0. The van der Waals surface area contributed by atoms with Crippen LogP contribution in [0.5, 0.6) is 5.75 Å². The molecule has 3 aromatic heterocycles. The highest BCUT2D eigenvalue weighted by molar-refractivity contribution is 9.10. The first-order chi connectivity index (χ1) is 20.6. The van der Waals surface area contributed by atoms with Crippen LogP contribution in [-0.2, 0) is 0 Å². The summed E-state index contributed by atoms with van der Waals surface area (Å²) in [5, 5.41) is 6.20. The van der Waals surface area contributed by atoms with Crippen molar-refractivity contribution in [3.8, 4) is 39.1 Å². The lowest BCUT2D eigenvalue weighted by Crippen LogP contribution is -2.29. The maximum Gasteiger partial charge on any atom is 0.321 e. The monoisotopic (exact) mass is 649 g/mol. The molecule has 0 atom stereocenters. The van der Waals surface area contributed by atoms with Gasteiger partial charge in [0.15, 0.2) is 11.0 Å². The van der Waals surface area contributed by atoms with Gasteiger partial charge in [0, 0.05) is 35.2 Å². The van der Waals surface area contributed by atoms with Gasteiger partial charge in [0.2, 0.25) is 0 Å². The number of anilines is 1. The lowest BCUT2D eigenvalue weighted by Gasteiger charge is -2.21. The van der Waals surface area contributed by atoms with Gasteiger partial charge in [0.1, 0.15) is 11.4 Å². The molecule has 1 saturated carbocycles. The maximum atomic E-state index is 12.3. The number of urea groups is 1. The Morgan fingerprint density at radius 3 is 2.69 bits per heavy atom. The van der Waals surface area contributed by atoms with Gasteiger partial charge in [0.25, 0.3) is 0 Å². The predicted octanol–water partition coefficient (Wildman–Crippen LogP) is 8.15. The standard InChI is InChI=1S/C31H36BrN7O2S/c1-2-3-7-13-35-30(40)39-31-36-20-28(42-31)26-18-25(37-29(38-26)27-19-33-14-15-34-27)23-17-22(10-11-24(23)32)41-16-12-21-8-5-4-6-9-21/h10-11,14-15,17-21H,2-9,12-13,16H2,1H3,(H2,35,36,39,40). The van der Waals surface area contributed by atoms with Gasteiger partial charge in [-0.3, -0.25) is 10.3 Å². The van der Waals surface area contributed by atoms with Crippen molar-refractivity contribution in [1.82, 2.24) is 30.2 Å². The maximum absolute atomic E-state index is 12.3. The van der Waals surface area contributed by atoms with Gasteiger partial charge in [-0.2, -0.15) is 0 Å². The number of nitrogens with one attached hydrogen (secondary N) is 2. The number of halogens is 1. The SMILES string of the molecule is CCCCCNC(=O)Nc1ncc(-c2cc(-c3cc(OCCC4CCCCC4)ccc3Br)nc(-c3cnccn3)n2)s1. The van der Waals surface area contributed by atoms with Gasteiger partial charge in [0.05, 0.1) is 29.1 Å². The van der Waals surface area contributed by atoms with Crippen LogP contribution in [0.4, 0.5) is 9.93 Å². The van der Waals surface area contributed by atoms with Crippen molar-refractivity contribution >= 4 is 38.4 Å². The van der Waals surface area contributed by atoms with Gasteiger partial charge in [-0.05, 0) is 43.0 Å². The van der Waals surface area contributed by atoms with Crippen LogP contribution in [0.25, 0.3) is 33.3 Å². The van der Waals surface area contributed by atoms with E-state index in [0.29, 0.717) is 41.2 Å². The fraction of sp³-hybridized carbons (Fsp3) is 0.419. The van der Waals surface area contributed by atoms with Crippen molar-refractivity contribution in [2.24, 2.45) is 5.92 Å². The Balaban J connectivity index is 1.38. The summed E-state index contributed by atoms with van der Waals surface area (Å²) in [5.41, 5.74) is 2.83. The molecule has 0 spiro atoms. The van der Waals surface area contributed by atoms with Crippen molar-refractivity contribution < 1.29 is 9.53 Å². The summed E-state index contributed by atoms with van der Waals surface area (Å²) >= 11 is 5.06. The second-order valence-corrected chi connectivity index (χ2v) is 12.3. The fourth-order valence-corrected chi connectivity index (χ4v) is 6.24. The summed E-state index contributed by atoms with van der Waals surface area (Å²) in [5.74, 6) is 2.01. The van der Waals surface area contributed by atoms with Crippen molar-refractivity contribution in [2.45, 2.75) is 64.7 Å². The summed E-state index contributed by atoms with van der Waals surface area (Å²) in [6.45, 7) is 3.47. The largest absolute Gasteiger partial charge is 0.494 e. The molecule has 5 rings (SSSR count). The van der Waals surface area contributed by atoms with E-state index in [4.69, 9.17) is 14.7 Å². The Bertz CT molecular complexity index is 1460. The summed E-state index contributed by atoms with van der Waals surface area (Å²) in [6, 6.07) is 7.64.